The predicted molar refractivity (Wildman–Crippen MR) is 135 cm³/mol. The minimum Gasteiger partial charge on any atom is -0.377 e. The number of carbonyl (C=O) groups is 1. The molecule has 5 rings (SSSR count). The molecule has 0 spiro atoms. The molecule has 3 heterocycles. The summed E-state index contributed by atoms with van der Waals surface area (Å²) >= 11 is 6.43. The van der Waals surface area contributed by atoms with Gasteiger partial charge < -0.3 is 9.64 Å². The quantitative estimate of drug-likeness (QED) is 0.540. The highest BCUT2D eigenvalue weighted by Crippen LogP contribution is 2.27. The number of nitrogens with zero attached hydrogens (tertiary/aromatic N) is 3. The summed E-state index contributed by atoms with van der Waals surface area (Å²) in [6.07, 6.45) is 4.07. The minimum absolute atomic E-state index is 0.0766. The summed E-state index contributed by atoms with van der Waals surface area (Å²) in [4.78, 5) is 21.5. The number of hydrogen-bond donors (Lipinski definition) is 1. The van der Waals surface area contributed by atoms with E-state index in [1.165, 1.54) is 12.1 Å². The monoisotopic (exact) mass is 514 g/mol. The lowest BCUT2D eigenvalue weighted by atomic mass is 10.1. The van der Waals surface area contributed by atoms with E-state index in [0.717, 1.165) is 44.5 Å². The van der Waals surface area contributed by atoms with Gasteiger partial charge in [0, 0.05) is 50.9 Å². The third-order valence-electron chi connectivity index (χ3n) is 6.48. The smallest absolute Gasteiger partial charge is 0.264 e. The van der Waals surface area contributed by atoms with Crippen LogP contribution >= 0.6 is 11.6 Å². The SMILES string of the molecule is O=C(c1ccc(NS(=O)(=O)c2cccc3cccnc23)cc1Cl)N1CCN(CC2CCCO2)CC1. The first kappa shape index (κ1) is 24.0. The van der Waals surface area contributed by atoms with Crippen molar-refractivity contribution in [3.63, 3.8) is 0 Å². The molecule has 1 amide bonds. The molecule has 0 radical (unpaired) electrons. The van der Waals surface area contributed by atoms with Crippen molar-refractivity contribution >= 4 is 44.1 Å². The first-order valence-electron chi connectivity index (χ1n) is 11.7. The maximum atomic E-state index is 13.1. The average molecular weight is 515 g/mol. The third kappa shape index (κ3) is 5.28. The van der Waals surface area contributed by atoms with Gasteiger partial charge in [-0.25, -0.2) is 8.42 Å². The molecule has 1 atom stereocenters. The van der Waals surface area contributed by atoms with Gasteiger partial charge in [0.25, 0.3) is 15.9 Å². The Hall–Kier alpha value is -2.72. The lowest BCUT2D eigenvalue weighted by molar-refractivity contribution is 0.0433. The fraction of sp³-hybridized carbons (Fsp3) is 0.360. The number of amides is 1. The standard InChI is InChI=1S/C25H27ClN4O4S/c26-22-16-19(28-35(32,33)23-7-1-4-18-5-2-10-27-24(18)23)8-9-21(22)25(31)30-13-11-29(12-14-30)17-20-6-3-15-34-20/h1-2,4-5,7-10,16,20,28H,3,6,11-15,17H2. The van der Waals surface area contributed by atoms with Gasteiger partial charge in [-0.3, -0.25) is 19.4 Å². The van der Waals surface area contributed by atoms with E-state index in [4.69, 9.17) is 16.3 Å². The Morgan fingerprint density at radius 3 is 2.66 bits per heavy atom. The number of fused-ring (bicyclic) bond motifs is 1. The van der Waals surface area contributed by atoms with Gasteiger partial charge in [-0.1, -0.05) is 29.8 Å². The molecule has 1 N–H and O–H groups in total. The second-order valence-corrected chi connectivity index (χ2v) is 10.9. The van der Waals surface area contributed by atoms with Crippen LogP contribution in [0.4, 0.5) is 5.69 Å². The summed E-state index contributed by atoms with van der Waals surface area (Å²) in [6.45, 7) is 4.56. The van der Waals surface area contributed by atoms with Crippen LogP contribution in [0.1, 0.15) is 23.2 Å². The molecular weight excluding hydrogens is 488 g/mol. The highest BCUT2D eigenvalue weighted by molar-refractivity contribution is 7.93. The van der Waals surface area contributed by atoms with Crippen LogP contribution in [0.5, 0.6) is 0 Å². The lowest BCUT2D eigenvalue weighted by Crippen LogP contribution is -2.50. The molecule has 0 aliphatic carbocycles. The summed E-state index contributed by atoms with van der Waals surface area (Å²) in [5, 5.41) is 0.929. The molecule has 10 heteroatoms. The molecule has 2 aliphatic rings. The van der Waals surface area contributed by atoms with Gasteiger partial charge in [-0.2, -0.15) is 0 Å². The molecular formula is C25H27ClN4O4S. The molecule has 35 heavy (non-hydrogen) atoms. The number of aromatic nitrogens is 1. The van der Waals surface area contributed by atoms with Gasteiger partial charge in [0.2, 0.25) is 0 Å². The zero-order chi connectivity index (χ0) is 24.4. The molecule has 2 aliphatic heterocycles. The zero-order valence-corrected chi connectivity index (χ0v) is 20.8. The summed E-state index contributed by atoms with van der Waals surface area (Å²) in [6, 6.07) is 13.2. The van der Waals surface area contributed by atoms with Crippen molar-refractivity contribution in [2.75, 3.05) is 44.1 Å². The molecule has 1 aromatic heterocycles. The number of piperazine rings is 1. The second-order valence-electron chi connectivity index (χ2n) is 8.86. The Morgan fingerprint density at radius 1 is 1.11 bits per heavy atom. The number of halogens is 1. The van der Waals surface area contributed by atoms with Crippen LogP contribution in [0.25, 0.3) is 10.9 Å². The summed E-state index contributed by atoms with van der Waals surface area (Å²) < 4.78 is 34.4. The number of pyridine rings is 1. The van der Waals surface area contributed by atoms with Crippen molar-refractivity contribution in [1.29, 1.82) is 0 Å². The van der Waals surface area contributed by atoms with Gasteiger partial charge in [0.05, 0.1) is 27.9 Å². The molecule has 2 aromatic carbocycles. The zero-order valence-electron chi connectivity index (χ0n) is 19.2. The maximum absolute atomic E-state index is 13.1. The number of benzene rings is 2. The van der Waals surface area contributed by atoms with Crippen LogP contribution in [0.3, 0.4) is 0 Å². The lowest BCUT2D eigenvalue weighted by Gasteiger charge is -2.35. The Bertz CT molecular complexity index is 1330. The van der Waals surface area contributed by atoms with E-state index in [2.05, 4.69) is 14.6 Å². The molecule has 8 nitrogen and oxygen atoms in total. The number of ether oxygens (including phenoxy) is 1. The van der Waals surface area contributed by atoms with Crippen LogP contribution in [0, 0.1) is 0 Å². The maximum Gasteiger partial charge on any atom is 0.264 e. The molecule has 2 saturated heterocycles. The summed E-state index contributed by atoms with van der Waals surface area (Å²) in [7, 11) is -3.91. The van der Waals surface area contributed by atoms with Gasteiger partial charge >= 0.3 is 0 Å². The number of para-hydroxylation sites is 1. The first-order chi connectivity index (χ1) is 16.9. The number of hydrogen-bond acceptors (Lipinski definition) is 6. The van der Waals surface area contributed by atoms with E-state index in [1.54, 1.807) is 47.5 Å². The Labute approximate surface area is 209 Å². The van der Waals surface area contributed by atoms with E-state index >= 15 is 0 Å². The molecule has 0 saturated carbocycles. The van der Waals surface area contributed by atoms with Crippen molar-refractivity contribution in [3.8, 4) is 0 Å². The van der Waals surface area contributed by atoms with Crippen molar-refractivity contribution < 1.29 is 17.9 Å². The molecule has 3 aromatic rings. The third-order valence-corrected chi connectivity index (χ3v) is 8.21. The van der Waals surface area contributed by atoms with Crippen LogP contribution in [-0.4, -0.2) is 74.5 Å². The van der Waals surface area contributed by atoms with Crippen molar-refractivity contribution in [2.45, 2.75) is 23.8 Å². The van der Waals surface area contributed by atoms with Crippen LogP contribution < -0.4 is 4.72 Å². The molecule has 1 unspecified atom stereocenters. The predicted octanol–water partition coefficient (Wildman–Crippen LogP) is 3.63. The second kappa shape index (κ2) is 10.1. The summed E-state index contributed by atoms with van der Waals surface area (Å²) in [5.41, 5.74) is 1.02. The highest BCUT2D eigenvalue weighted by atomic mass is 35.5. The highest BCUT2D eigenvalue weighted by Gasteiger charge is 2.27. The number of sulfonamides is 1. The van der Waals surface area contributed by atoms with Crippen LogP contribution in [0.15, 0.2) is 59.6 Å². The Kier molecular flexibility index (Phi) is 6.93. The number of carbonyl (C=O) groups excluding carboxylic acids is 1. The molecule has 184 valence electrons. The van der Waals surface area contributed by atoms with Crippen molar-refractivity contribution in [2.24, 2.45) is 0 Å². The number of rotatable bonds is 6. The number of nitrogens with one attached hydrogen (secondary N) is 1. The van der Waals surface area contributed by atoms with Gasteiger partial charge in [-0.15, -0.1) is 0 Å². The van der Waals surface area contributed by atoms with Crippen LogP contribution in [-0.2, 0) is 14.8 Å². The fourth-order valence-electron chi connectivity index (χ4n) is 4.64. The van der Waals surface area contributed by atoms with E-state index in [9.17, 15) is 13.2 Å². The Morgan fingerprint density at radius 2 is 1.91 bits per heavy atom. The van der Waals surface area contributed by atoms with E-state index in [0.29, 0.717) is 30.3 Å². The first-order valence-corrected chi connectivity index (χ1v) is 13.6. The normalized spacial score (nSPS) is 19.2. The Balaban J connectivity index is 1.26. The largest absolute Gasteiger partial charge is 0.377 e. The van der Waals surface area contributed by atoms with E-state index in [1.807, 2.05) is 0 Å². The van der Waals surface area contributed by atoms with Gasteiger partial charge in [0.15, 0.2) is 0 Å². The molecule has 0 bridgehead atoms. The minimum atomic E-state index is -3.91. The summed E-state index contributed by atoms with van der Waals surface area (Å²) in [5.74, 6) is -0.153. The molecule has 2 fully saturated rings. The van der Waals surface area contributed by atoms with Crippen molar-refractivity contribution in [3.05, 3.63) is 65.3 Å². The number of anilines is 1. The van der Waals surface area contributed by atoms with Gasteiger partial charge in [0.1, 0.15) is 4.90 Å². The van der Waals surface area contributed by atoms with Crippen molar-refractivity contribution in [1.82, 2.24) is 14.8 Å². The van der Waals surface area contributed by atoms with E-state index in [-0.39, 0.29) is 21.5 Å². The van der Waals surface area contributed by atoms with Gasteiger partial charge in [-0.05, 0) is 43.2 Å². The fourth-order valence-corrected chi connectivity index (χ4v) is 6.13. The average Bonchev–Trinajstić information content (AvgIpc) is 3.37. The topological polar surface area (TPSA) is 91.8 Å². The van der Waals surface area contributed by atoms with E-state index < -0.39 is 10.0 Å². The van der Waals surface area contributed by atoms with Crippen LogP contribution in [0.2, 0.25) is 5.02 Å².